The highest BCUT2D eigenvalue weighted by molar-refractivity contribution is 7.89. The highest BCUT2D eigenvalue weighted by Crippen LogP contribution is 2.26. The average molecular weight is 337 g/mol. The van der Waals surface area contributed by atoms with Crippen LogP contribution < -0.4 is 5.32 Å². The minimum atomic E-state index is -3.73. The molecule has 4 nitrogen and oxygen atoms in total. The molecule has 0 spiro atoms. The van der Waals surface area contributed by atoms with Crippen molar-refractivity contribution in [3.05, 3.63) is 28.5 Å². The van der Waals surface area contributed by atoms with Crippen molar-refractivity contribution >= 4 is 21.6 Å². The Morgan fingerprint density at radius 2 is 1.86 bits per heavy atom. The van der Waals surface area contributed by atoms with Gasteiger partial charge in [0.15, 0.2) is 0 Å². The second-order valence-electron chi connectivity index (χ2n) is 5.53. The predicted octanol–water partition coefficient (Wildman–Crippen LogP) is 3.01. The van der Waals surface area contributed by atoms with Gasteiger partial charge in [0.25, 0.3) is 0 Å². The van der Waals surface area contributed by atoms with Gasteiger partial charge in [0.1, 0.15) is 5.82 Å². The van der Waals surface area contributed by atoms with E-state index >= 15 is 0 Å². The molecular weight excluding hydrogens is 315 g/mol. The number of nitrogens with one attached hydrogen (secondary N) is 1. The lowest BCUT2D eigenvalue weighted by molar-refractivity contribution is 0.410. The molecule has 1 rings (SSSR count). The lowest BCUT2D eigenvalue weighted by Crippen LogP contribution is -2.33. The van der Waals surface area contributed by atoms with E-state index < -0.39 is 15.8 Å². The zero-order valence-electron chi connectivity index (χ0n) is 12.9. The summed E-state index contributed by atoms with van der Waals surface area (Å²) < 4.78 is 40.0. The van der Waals surface area contributed by atoms with E-state index in [1.165, 1.54) is 17.4 Å². The third-order valence-corrected chi connectivity index (χ3v) is 5.62. The van der Waals surface area contributed by atoms with Crippen molar-refractivity contribution in [3.8, 4) is 0 Å². The Morgan fingerprint density at radius 3 is 2.33 bits per heavy atom. The Labute approximate surface area is 131 Å². The van der Waals surface area contributed by atoms with Gasteiger partial charge in [-0.3, -0.25) is 0 Å². The van der Waals surface area contributed by atoms with Crippen molar-refractivity contribution in [1.29, 1.82) is 0 Å². The fourth-order valence-corrected chi connectivity index (χ4v) is 3.26. The van der Waals surface area contributed by atoms with Gasteiger partial charge in [-0.1, -0.05) is 25.4 Å². The van der Waals surface area contributed by atoms with Gasteiger partial charge in [-0.05, 0) is 31.5 Å². The van der Waals surface area contributed by atoms with Crippen molar-refractivity contribution in [1.82, 2.24) is 9.62 Å². The molecule has 0 radical (unpaired) electrons. The summed E-state index contributed by atoms with van der Waals surface area (Å²) in [5.41, 5.74) is 0.432. The summed E-state index contributed by atoms with van der Waals surface area (Å²) in [7, 11) is -2.26. The molecule has 7 heteroatoms. The number of sulfonamides is 1. The largest absolute Gasteiger partial charge is 0.310 e. The van der Waals surface area contributed by atoms with E-state index in [4.69, 9.17) is 11.6 Å². The van der Waals surface area contributed by atoms with Crippen molar-refractivity contribution < 1.29 is 12.8 Å². The third-order valence-electron chi connectivity index (χ3n) is 3.18. The maximum Gasteiger partial charge on any atom is 0.243 e. The van der Waals surface area contributed by atoms with Gasteiger partial charge in [-0.15, -0.1) is 0 Å². The van der Waals surface area contributed by atoms with E-state index in [1.54, 1.807) is 13.8 Å². The summed E-state index contributed by atoms with van der Waals surface area (Å²) >= 11 is 5.92. The highest BCUT2D eigenvalue weighted by Gasteiger charge is 2.25. The van der Waals surface area contributed by atoms with Crippen LogP contribution in [0.25, 0.3) is 0 Å². The molecule has 1 aromatic carbocycles. The van der Waals surface area contributed by atoms with Crippen LogP contribution in [-0.4, -0.2) is 31.9 Å². The quantitative estimate of drug-likeness (QED) is 0.868. The van der Waals surface area contributed by atoms with Crippen LogP contribution in [0.1, 0.15) is 33.3 Å². The highest BCUT2D eigenvalue weighted by atomic mass is 35.5. The van der Waals surface area contributed by atoms with Crippen LogP contribution in [0.5, 0.6) is 0 Å². The van der Waals surface area contributed by atoms with Gasteiger partial charge < -0.3 is 5.32 Å². The zero-order chi connectivity index (χ0) is 16.4. The summed E-state index contributed by atoms with van der Waals surface area (Å²) in [6.07, 6.45) is 0. The number of halogens is 2. The summed E-state index contributed by atoms with van der Waals surface area (Å²) in [4.78, 5) is -0.0823. The number of nitrogens with zero attached hydrogens (tertiary/aromatic N) is 1. The van der Waals surface area contributed by atoms with E-state index in [2.05, 4.69) is 5.32 Å². The molecular formula is C14H22ClFN2O2S. The number of rotatable bonds is 6. The third kappa shape index (κ3) is 4.39. The number of hydrogen-bond donors (Lipinski definition) is 1. The van der Waals surface area contributed by atoms with Crippen molar-refractivity contribution in [3.63, 3.8) is 0 Å². The topological polar surface area (TPSA) is 49.4 Å². The first kappa shape index (κ1) is 18.4. The van der Waals surface area contributed by atoms with Crippen LogP contribution in [0.15, 0.2) is 17.0 Å². The van der Waals surface area contributed by atoms with Crippen molar-refractivity contribution in [2.75, 3.05) is 7.05 Å². The first-order valence-electron chi connectivity index (χ1n) is 6.76. The minimum absolute atomic E-state index is 0.0469. The van der Waals surface area contributed by atoms with E-state index in [-0.39, 0.29) is 22.0 Å². The van der Waals surface area contributed by atoms with E-state index in [1.807, 2.05) is 13.8 Å². The van der Waals surface area contributed by atoms with Crippen LogP contribution in [-0.2, 0) is 16.6 Å². The predicted molar refractivity (Wildman–Crippen MR) is 83.5 cm³/mol. The fourth-order valence-electron chi connectivity index (χ4n) is 1.65. The van der Waals surface area contributed by atoms with Gasteiger partial charge in [0, 0.05) is 25.7 Å². The normalized spacial score (nSPS) is 12.7. The molecule has 0 aromatic heterocycles. The molecule has 21 heavy (non-hydrogen) atoms. The molecule has 120 valence electrons. The first-order chi connectivity index (χ1) is 9.57. The van der Waals surface area contributed by atoms with E-state index in [0.717, 1.165) is 6.07 Å². The second-order valence-corrected chi connectivity index (χ2v) is 7.90. The monoisotopic (exact) mass is 336 g/mol. The average Bonchev–Trinajstić information content (AvgIpc) is 2.38. The van der Waals surface area contributed by atoms with Gasteiger partial charge in [0.2, 0.25) is 10.0 Å². The summed E-state index contributed by atoms with van der Waals surface area (Å²) in [5.74, 6) is -0.726. The van der Waals surface area contributed by atoms with Crippen LogP contribution in [0.3, 0.4) is 0 Å². The summed E-state index contributed by atoms with van der Waals surface area (Å²) in [6.45, 7) is 7.70. The van der Waals surface area contributed by atoms with Gasteiger partial charge >= 0.3 is 0 Å². The Hall–Kier alpha value is -0.690. The molecule has 1 N–H and O–H groups in total. The lowest BCUT2D eigenvalue weighted by atomic mass is 10.2. The van der Waals surface area contributed by atoms with Crippen molar-refractivity contribution in [2.45, 2.75) is 51.2 Å². The van der Waals surface area contributed by atoms with E-state index in [0.29, 0.717) is 12.1 Å². The van der Waals surface area contributed by atoms with Crippen LogP contribution in [0, 0.1) is 5.82 Å². The Kier molecular flexibility index (Phi) is 6.16. The number of hydrogen-bond acceptors (Lipinski definition) is 3. The Bertz CT molecular complexity index is 603. The lowest BCUT2D eigenvalue weighted by Gasteiger charge is -2.21. The first-order valence-corrected chi connectivity index (χ1v) is 8.58. The molecule has 0 amide bonds. The van der Waals surface area contributed by atoms with Crippen LogP contribution in [0.4, 0.5) is 4.39 Å². The summed E-state index contributed by atoms with van der Waals surface area (Å²) in [6, 6.07) is 2.36. The maximum atomic E-state index is 13.9. The van der Waals surface area contributed by atoms with Gasteiger partial charge in [0.05, 0.1) is 9.92 Å². The Morgan fingerprint density at radius 1 is 1.29 bits per heavy atom. The molecule has 1 aromatic rings. The molecule has 0 heterocycles. The van der Waals surface area contributed by atoms with Gasteiger partial charge in [-0.2, -0.15) is 4.31 Å². The second kappa shape index (κ2) is 7.05. The molecule has 0 unspecified atom stereocenters. The molecule has 0 bridgehead atoms. The summed E-state index contributed by atoms with van der Waals surface area (Å²) in [5, 5.41) is 3.05. The van der Waals surface area contributed by atoms with Crippen LogP contribution >= 0.6 is 11.6 Å². The van der Waals surface area contributed by atoms with Crippen LogP contribution in [0.2, 0.25) is 5.02 Å². The standard InChI is InChI=1S/C14H22ClFN2O2S/c1-9(2)17-8-11-6-12(7-13(16)14(11)15)21(19,20)18(5)10(3)4/h6-7,9-10,17H,8H2,1-5H3. The molecule has 0 atom stereocenters. The molecule has 0 fully saturated rings. The Balaban J connectivity index is 3.26. The zero-order valence-corrected chi connectivity index (χ0v) is 14.5. The van der Waals surface area contributed by atoms with E-state index in [9.17, 15) is 12.8 Å². The molecule has 0 aliphatic rings. The molecule has 0 aliphatic heterocycles. The smallest absolute Gasteiger partial charge is 0.243 e. The molecule has 0 saturated heterocycles. The molecule has 0 saturated carbocycles. The minimum Gasteiger partial charge on any atom is -0.310 e. The van der Waals surface area contributed by atoms with Gasteiger partial charge in [-0.25, -0.2) is 12.8 Å². The number of benzene rings is 1. The van der Waals surface area contributed by atoms with Crippen molar-refractivity contribution in [2.24, 2.45) is 0 Å². The maximum absolute atomic E-state index is 13.9. The fraction of sp³-hybridized carbons (Fsp3) is 0.571. The molecule has 0 aliphatic carbocycles. The SMILES string of the molecule is CC(C)NCc1cc(S(=O)(=O)N(C)C(C)C)cc(F)c1Cl.